The third-order valence-corrected chi connectivity index (χ3v) is 8.90. The zero-order valence-electron chi connectivity index (χ0n) is 22.2. The molecule has 0 amide bonds. The smallest absolute Gasteiger partial charge is 0.400 e. The Hall–Kier alpha value is -2.63. The van der Waals surface area contributed by atoms with Crippen molar-refractivity contribution in [1.82, 2.24) is 0 Å². The van der Waals surface area contributed by atoms with Gasteiger partial charge >= 0.3 is 6.11 Å². The number of alkyl halides is 2. The van der Waals surface area contributed by atoms with Gasteiger partial charge in [-0.15, -0.1) is 0 Å². The van der Waals surface area contributed by atoms with Crippen LogP contribution in [0.5, 0.6) is 5.75 Å². The molecule has 1 saturated heterocycles. The van der Waals surface area contributed by atoms with Crippen molar-refractivity contribution in [1.29, 1.82) is 5.26 Å². The SMILES string of the molecule is CC1CCC(C2COC(c3ccc(C4CCC(C(F)(F)Oc5ccc(C#N)c(F)c5)CC4)c(F)c3)OC2)CC1. The average molecular weight is 546 g/mol. The van der Waals surface area contributed by atoms with Crippen molar-refractivity contribution in [3.63, 3.8) is 0 Å². The lowest BCUT2D eigenvalue weighted by Crippen LogP contribution is -2.37. The van der Waals surface area contributed by atoms with Crippen molar-refractivity contribution in [2.45, 2.75) is 76.6 Å². The number of nitriles is 1. The van der Waals surface area contributed by atoms with Gasteiger partial charge in [0.1, 0.15) is 23.5 Å². The van der Waals surface area contributed by atoms with Gasteiger partial charge in [-0.05, 0) is 80.0 Å². The van der Waals surface area contributed by atoms with Crippen LogP contribution in [0.3, 0.4) is 0 Å². The molecule has 0 spiro atoms. The van der Waals surface area contributed by atoms with Crippen molar-refractivity contribution < 1.29 is 31.8 Å². The fourth-order valence-corrected chi connectivity index (χ4v) is 6.39. The molecule has 0 aromatic heterocycles. The Balaban J connectivity index is 1.14. The first-order chi connectivity index (χ1) is 18.7. The van der Waals surface area contributed by atoms with E-state index in [0.717, 1.165) is 24.1 Å². The van der Waals surface area contributed by atoms with Gasteiger partial charge in [-0.25, -0.2) is 8.78 Å². The number of benzene rings is 2. The first-order valence-electron chi connectivity index (χ1n) is 14.0. The van der Waals surface area contributed by atoms with Crippen LogP contribution in [-0.2, 0) is 9.47 Å². The molecule has 39 heavy (non-hydrogen) atoms. The zero-order chi connectivity index (χ0) is 27.6. The van der Waals surface area contributed by atoms with Gasteiger partial charge in [-0.3, -0.25) is 0 Å². The summed E-state index contributed by atoms with van der Waals surface area (Å²) in [5, 5.41) is 8.81. The van der Waals surface area contributed by atoms with E-state index in [2.05, 4.69) is 6.92 Å². The molecule has 0 unspecified atom stereocenters. The predicted octanol–water partition coefficient (Wildman–Crippen LogP) is 8.27. The van der Waals surface area contributed by atoms with Gasteiger partial charge in [-0.2, -0.15) is 14.0 Å². The number of rotatable bonds is 6. The number of halogens is 4. The molecule has 210 valence electrons. The second-order valence-corrected chi connectivity index (χ2v) is 11.5. The van der Waals surface area contributed by atoms with Gasteiger partial charge < -0.3 is 14.2 Å². The Bertz CT molecular complexity index is 1170. The molecule has 1 aliphatic heterocycles. The molecule has 1 heterocycles. The second-order valence-electron chi connectivity index (χ2n) is 11.5. The van der Waals surface area contributed by atoms with E-state index in [1.54, 1.807) is 12.1 Å². The van der Waals surface area contributed by atoms with Gasteiger partial charge in [0.25, 0.3) is 0 Å². The molecule has 2 aromatic carbocycles. The van der Waals surface area contributed by atoms with Crippen LogP contribution in [0.4, 0.5) is 17.6 Å². The van der Waals surface area contributed by atoms with Crippen LogP contribution in [0.25, 0.3) is 0 Å². The normalized spacial score (nSPS) is 29.9. The van der Waals surface area contributed by atoms with Crippen LogP contribution in [0.2, 0.25) is 0 Å². The molecular formula is C31H35F4NO3. The maximum Gasteiger partial charge on any atom is 0.400 e. The van der Waals surface area contributed by atoms with Crippen LogP contribution in [0.1, 0.15) is 87.2 Å². The predicted molar refractivity (Wildman–Crippen MR) is 137 cm³/mol. The van der Waals surface area contributed by atoms with E-state index >= 15 is 4.39 Å². The quantitative estimate of drug-likeness (QED) is 0.343. The van der Waals surface area contributed by atoms with E-state index in [1.165, 1.54) is 31.7 Å². The first kappa shape index (κ1) is 27.9. The standard InChI is InChI=1S/C31H35F4NO3/c1-19-2-4-20(5-3-19)24-17-37-30(38-18-24)22-9-13-27(29(33)14-22)21-6-10-25(11-7-21)31(34,35)39-26-12-8-23(16-36)28(32)15-26/h8-9,12-15,19-21,24-25,30H,2-7,10-11,17-18H2,1H3. The molecular weight excluding hydrogens is 510 g/mol. The van der Waals surface area contributed by atoms with E-state index in [-0.39, 0.29) is 35.9 Å². The molecule has 2 aromatic rings. The molecule has 0 radical (unpaired) electrons. The Kier molecular flexibility index (Phi) is 8.49. The lowest BCUT2D eigenvalue weighted by atomic mass is 9.76. The highest BCUT2D eigenvalue weighted by Crippen LogP contribution is 2.44. The minimum Gasteiger partial charge on any atom is -0.432 e. The van der Waals surface area contributed by atoms with E-state index in [0.29, 0.717) is 49.0 Å². The third kappa shape index (κ3) is 6.41. The summed E-state index contributed by atoms with van der Waals surface area (Å²) in [5.74, 6) is -1.05. The molecule has 3 aliphatic rings. The molecule has 0 bridgehead atoms. The Labute approximate surface area is 227 Å². The molecule has 3 fully saturated rings. The molecule has 2 aliphatic carbocycles. The van der Waals surface area contributed by atoms with Gasteiger partial charge in [0.05, 0.1) is 24.7 Å². The highest BCUT2D eigenvalue weighted by molar-refractivity contribution is 5.36. The summed E-state index contributed by atoms with van der Waals surface area (Å²) in [6.07, 6.45) is 1.90. The second kappa shape index (κ2) is 11.9. The molecule has 4 nitrogen and oxygen atoms in total. The van der Waals surface area contributed by atoms with Crippen molar-refractivity contribution in [2.75, 3.05) is 13.2 Å². The molecule has 5 rings (SSSR count). The van der Waals surface area contributed by atoms with Gasteiger partial charge in [0.2, 0.25) is 0 Å². The fourth-order valence-electron chi connectivity index (χ4n) is 6.39. The summed E-state index contributed by atoms with van der Waals surface area (Å²) in [4.78, 5) is 0. The average Bonchev–Trinajstić information content (AvgIpc) is 2.93. The van der Waals surface area contributed by atoms with Crippen LogP contribution < -0.4 is 4.74 Å². The lowest BCUT2D eigenvalue weighted by Gasteiger charge is -2.37. The molecule has 0 N–H and O–H groups in total. The highest BCUT2D eigenvalue weighted by atomic mass is 19.3. The molecule has 2 saturated carbocycles. The summed E-state index contributed by atoms with van der Waals surface area (Å²) < 4.78 is 75.4. The lowest BCUT2D eigenvalue weighted by molar-refractivity contribution is -0.222. The van der Waals surface area contributed by atoms with E-state index in [1.807, 2.05) is 6.07 Å². The summed E-state index contributed by atoms with van der Waals surface area (Å²) in [6.45, 7) is 3.53. The van der Waals surface area contributed by atoms with Crippen molar-refractivity contribution in [3.8, 4) is 11.8 Å². The number of ether oxygens (including phenoxy) is 3. The third-order valence-electron chi connectivity index (χ3n) is 8.90. The number of hydrogen-bond donors (Lipinski definition) is 0. The summed E-state index contributed by atoms with van der Waals surface area (Å²) in [5.41, 5.74) is 0.912. The Morgan fingerprint density at radius 1 is 0.846 bits per heavy atom. The maximum atomic E-state index is 15.2. The van der Waals surface area contributed by atoms with Crippen molar-refractivity contribution in [2.24, 2.45) is 23.7 Å². The van der Waals surface area contributed by atoms with Crippen LogP contribution in [-0.4, -0.2) is 19.3 Å². The van der Waals surface area contributed by atoms with Crippen LogP contribution in [0.15, 0.2) is 36.4 Å². The van der Waals surface area contributed by atoms with Gasteiger partial charge in [0, 0.05) is 17.5 Å². The minimum atomic E-state index is -3.50. The Morgan fingerprint density at radius 3 is 2.15 bits per heavy atom. The number of hydrogen-bond acceptors (Lipinski definition) is 4. The van der Waals surface area contributed by atoms with Gasteiger partial charge in [0.15, 0.2) is 6.29 Å². The number of nitrogens with zero attached hydrogens (tertiary/aromatic N) is 1. The minimum absolute atomic E-state index is 0.147. The monoisotopic (exact) mass is 545 g/mol. The highest BCUT2D eigenvalue weighted by Gasteiger charge is 2.44. The van der Waals surface area contributed by atoms with Crippen molar-refractivity contribution >= 4 is 0 Å². The van der Waals surface area contributed by atoms with Crippen LogP contribution in [0, 0.1) is 46.6 Å². The van der Waals surface area contributed by atoms with E-state index < -0.39 is 24.1 Å². The van der Waals surface area contributed by atoms with Gasteiger partial charge in [-0.1, -0.05) is 31.9 Å². The summed E-state index contributed by atoms with van der Waals surface area (Å²) >= 11 is 0. The summed E-state index contributed by atoms with van der Waals surface area (Å²) in [6, 6.07) is 9.71. The largest absolute Gasteiger partial charge is 0.432 e. The van der Waals surface area contributed by atoms with E-state index in [4.69, 9.17) is 19.5 Å². The zero-order valence-corrected chi connectivity index (χ0v) is 22.2. The topological polar surface area (TPSA) is 51.5 Å². The van der Waals surface area contributed by atoms with E-state index in [9.17, 15) is 13.2 Å². The van der Waals surface area contributed by atoms with Crippen molar-refractivity contribution in [3.05, 3.63) is 64.7 Å². The first-order valence-corrected chi connectivity index (χ1v) is 14.0. The summed E-state index contributed by atoms with van der Waals surface area (Å²) in [7, 11) is 0. The molecule has 0 atom stereocenters. The maximum absolute atomic E-state index is 15.2. The molecule has 8 heteroatoms. The van der Waals surface area contributed by atoms with Crippen LogP contribution >= 0.6 is 0 Å². The Morgan fingerprint density at radius 2 is 1.54 bits per heavy atom. The fraction of sp³-hybridized carbons (Fsp3) is 0.581.